The van der Waals surface area contributed by atoms with Gasteiger partial charge in [-0.2, -0.15) is 0 Å². The number of carbonyl (C=O) groups excluding carboxylic acids is 1. The van der Waals surface area contributed by atoms with Crippen LogP contribution in [0.2, 0.25) is 0 Å². The second kappa shape index (κ2) is 7.41. The van der Waals surface area contributed by atoms with E-state index >= 15 is 0 Å². The van der Waals surface area contributed by atoms with Crippen LogP contribution in [0.5, 0.6) is 0 Å². The van der Waals surface area contributed by atoms with E-state index in [4.69, 9.17) is 11.5 Å². The second-order valence-electron chi connectivity index (χ2n) is 4.47. The Kier molecular flexibility index (Phi) is 5.88. The molecule has 1 atom stereocenters. The molecule has 21 heavy (non-hydrogen) atoms. The lowest BCUT2D eigenvalue weighted by Crippen LogP contribution is -2.31. The van der Waals surface area contributed by atoms with Crippen molar-refractivity contribution in [2.45, 2.75) is 25.3 Å². The lowest BCUT2D eigenvalue weighted by Gasteiger charge is -2.10. The summed E-state index contributed by atoms with van der Waals surface area (Å²) >= 11 is 0. The largest absolute Gasteiger partial charge is 0.330 e. The summed E-state index contributed by atoms with van der Waals surface area (Å²) in [5.41, 5.74) is 9.77. The predicted octanol–water partition coefficient (Wildman–Crippen LogP) is 1.14. The Bertz CT molecular complexity index is 561. The van der Waals surface area contributed by atoms with Crippen molar-refractivity contribution in [3.8, 4) is 0 Å². The Balaban J connectivity index is 3.03. The standard InChI is InChI=1S/C12H16N4O5/c13-6-2-1-3-10(14)12(17)9-5-4-8(15(18)19)7-11(9)16(20)21/h4-5,7,10H,1-3,6,13-14H2/t10-/m0/s1. The van der Waals surface area contributed by atoms with Gasteiger partial charge >= 0.3 is 0 Å². The minimum absolute atomic E-state index is 0.217. The normalized spacial score (nSPS) is 11.9. The van der Waals surface area contributed by atoms with Gasteiger partial charge in [0.2, 0.25) is 0 Å². The van der Waals surface area contributed by atoms with Gasteiger partial charge in [-0.3, -0.25) is 25.0 Å². The summed E-state index contributed by atoms with van der Waals surface area (Å²) in [6.07, 6.45) is 1.68. The number of nitro groups is 2. The number of benzene rings is 1. The molecule has 0 heterocycles. The molecule has 0 aliphatic carbocycles. The van der Waals surface area contributed by atoms with E-state index < -0.39 is 33.0 Å². The van der Waals surface area contributed by atoms with Crippen LogP contribution >= 0.6 is 0 Å². The lowest BCUT2D eigenvalue weighted by atomic mass is 9.98. The molecule has 9 heteroatoms. The van der Waals surface area contributed by atoms with Gasteiger partial charge in [-0.15, -0.1) is 0 Å². The molecule has 0 bridgehead atoms. The van der Waals surface area contributed by atoms with Crippen LogP contribution < -0.4 is 11.5 Å². The number of unbranched alkanes of at least 4 members (excludes halogenated alkanes) is 1. The van der Waals surface area contributed by atoms with Gasteiger partial charge in [-0.25, -0.2) is 0 Å². The zero-order chi connectivity index (χ0) is 16.0. The summed E-state index contributed by atoms with van der Waals surface area (Å²) in [5.74, 6) is -0.603. The quantitative estimate of drug-likeness (QED) is 0.315. The van der Waals surface area contributed by atoms with Crippen molar-refractivity contribution in [3.05, 3.63) is 44.0 Å². The van der Waals surface area contributed by atoms with E-state index in [1.165, 1.54) is 0 Å². The zero-order valence-corrected chi connectivity index (χ0v) is 11.2. The van der Waals surface area contributed by atoms with E-state index in [2.05, 4.69) is 0 Å². The van der Waals surface area contributed by atoms with Gasteiger partial charge in [0.15, 0.2) is 5.78 Å². The first-order valence-electron chi connectivity index (χ1n) is 6.31. The van der Waals surface area contributed by atoms with Crippen LogP contribution in [0.15, 0.2) is 18.2 Å². The first kappa shape index (κ1) is 16.7. The van der Waals surface area contributed by atoms with Gasteiger partial charge in [-0.05, 0) is 25.5 Å². The molecule has 0 aliphatic heterocycles. The summed E-state index contributed by atoms with van der Waals surface area (Å²) in [6, 6.07) is 1.99. The highest BCUT2D eigenvalue weighted by Gasteiger charge is 2.27. The summed E-state index contributed by atoms with van der Waals surface area (Å²) in [6.45, 7) is 0.471. The number of Topliss-reactive ketones (excluding diaryl/α,β-unsaturated/α-hetero) is 1. The van der Waals surface area contributed by atoms with Crippen LogP contribution in [0, 0.1) is 20.2 Å². The molecule has 0 radical (unpaired) electrons. The minimum atomic E-state index is -0.892. The Morgan fingerprint density at radius 2 is 1.86 bits per heavy atom. The molecule has 0 amide bonds. The third-order valence-corrected chi connectivity index (χ3v) is 2.96. The van der Waals surface area contributed by atoms with Crippen LogP contribution in [-0.2, 0) is 0 Å². The molecule has 114 valence electrons. The van der Waals surface area contributed by atoms with Crippen LogP contribution in [0.3, 0.4) is 0 Å². The maximum atomic E-state index is 12.1. The first-order chi connectivity index (χ1) is 9.88. The fourth-order valence-corrected chi connectivity index (χ4v) is 1.83. The lowest BCUT2D eigenvalue weighted by molar-refractivity contribution is -0.394. The average Bonchev–Trinajstić information content (AvgIpc) is 2.45. The molecule has 4 N–H and O–H groups in total. The van der Waals surface area contributed by atoms with Crippen molar-refractivity contribution >= 4 is 17.2 Å². The summed E-state index contributed by atoms with van der Waals surface area (Å²) in [4.78, 5) is 32.1. The smallest absolute Gasteiger partial charge is 0.287 e. The monoisotopic (exact) mass is 296 g/mol. The van der Waals surface area contributed by atoms with Crippen LogP contribution in [0.1, 0.15) is 29.6 Å². The number of nitro benzene ring substituents is 2. The number of nitrogens with two attached hydrogens (primary N) is 2. The Labute approximate surface area is 120 Å². The van der Waals surface area contributed by atoms with Gasteiger partial charge in [0, 0.05) is 6.07 Å². The van der Waals surface area contributed by atoms with Crippen LogP contribution in [0.4, 0.5) is 11.4 Å². The first-order valence-corrected chi connectivity index (χ1v) is 6.31. The topological polar surface area (TPSA) is 155 Å². The molecular formula is C12H16N4O5. The van der Waals surface area contributed by atoms with Crippen molar-refractivity contribution in [3.63, 3.8) is 0 Å². The Hall–Kier alpha value is -2.39. The summed E-state index contributed by atoms with van der Waals surface area (Å²) in [7, 11) is 0. The van der Waals surface area contributed by atoms with Crippen molar-refractivity contribution < 1.29 is 14.6 Å². The molecule has 0 fully saturated rings. The van der Waals surface area contributed by atoms with Crippen molar-refractivity contribution in [2.24, 2.45) is 11.5 Å². The van der Waals surface area contributed by atoms with Crippen molar-refractivity contribution in [1.82, 2.24) is 0 Å². The predicted molar refractivity (Wildman–Crippen MR) is 75.0 cm³/mol. The van der Waals surface area contributed by atoms with Gasteiger partial charge in [0.25, 0.3) is 11.4 Å². The van der Waals surface area contributed by atoms with Crippen molar-refractivity contribution in [1.29, 1.82) is 0 Å². The van der Waals surface area contributed by atoms with Crippen LogP contribution in [-0.4, -0.2) is 28.2 Å². The fraction of sp³-hybridized carbons (Fsp3) is 0.417. The number of nitrogens with zero attached hydrogens (tertiary/aromatic N) is 2. The second-order valence-corrected chi connectivity index (χ2v) is 4.47. The third kappa shape index (κ3) is 4.29. The van der Waals surface area contributed by atoms with Gasteiger partial charge in [0.05, 0.1) is 27.5 Å². The molecule has 0 unspecified atom stereocenters. The molecule has 1 aromatic rings. The van der Waals surface area contributed by atoms with E-state index in [9.17, 15) is 25.0 Å². The van der Waals surface area contributed by atoms with Gasteiger partial charge < -0.3 is 11.5 Å². The van der Waals surface area contributed by atoms with Crippen LogP contribution in [0.25, 0.3) is 0 Å². The Morgan fingerprint density at radius 3 is 2.38 bits per heavy atom. The van der Waals surface area contributed by atoms with E-state index in [0.29, 0.717) is 25.8 Å². The molecule has 0 saturated heterocycles. The molecule has 0 aliphatic rings. The number of rotatable bonds is 8. The highest BCUT2D eigenvalue weighted by molar-refractivity contribution is 6.03. The number of ketones is 1. The number of hydrogen-bond donors (Lipinski definition) is 2. The highest BCUT2D eigenvalue weighted by atomic mass is 16.6. The minimum Gasteiger partial charge on any atom is -0.330 e. The maximum absolute atomic E-state index is 12.1. The zero-order valence-electron chi connectivity index (χ0n) is 11.2. The molecule has 0 spiro atoms. The number of carbonyl (C=O) groups is 1. The average molecular weight is 296 g/mol. The molecule has 0 saturated carbocycles. The highest BCUT2D eigenvalue weighted by Crippen LogP contribution is 2.26. The molecule has 1 aromatic carbocycles. The van der Waals surface area contributed by atoms with Crippen molar-refractivity contribution in [2.75, 3.05) is 6.54 Å². The van der Waals surface area contributed by atoms with Gasteiger partial charge in [-0.1, -0.05) is 6.42 Å². The van der Waals surface area contributed by atoms with Gasteiger partial charge in [0.1, 0.15) is 0 Å². The van der Waals surface area contributed by atoms with E-state index in [0.717, 1.165) is 18.2 Å². The third-order valence-electron chi connectivity index (χ3n) is 2.96. The molecular weight excluding hydrogens is 280 g/mol. The van der Waals surface area contributed by atoms with E-state index in [1.54, 1.807) is 0 Å². The number of non-ortho nitro benzene ring substituents is 1. The molecule has 9 nitrogen and oxygen atoms in total. The van der Waals surface area contributed by atoms with E-state index in [-0.39, 0.29) is 5.56 Å². The summed E-state index contributed by atoms with van der Waals surface area (Å²) < 4.78 is 0. The number of hydrogen-bond acceptors (Lipinski definition) is 7. The molecule has 0 aromatic heterocycles. The molecule has 1 rings (SSSR count). The Morgan fingerprint density at radius 1 is 1.19 bits per heavy atom. The fourth-order valence-electron chi connectivity index (χ4n) is 1.83. The van der Waals surface area contributed by atoms with E-state index in [1.807, 2.05) is 0 Å². The maximum Gasteiger partial charge on any atom is 0.287 e. The SMILES string of the molecule is NCCCC[C@H](N)C(=O)c1ccc([N+](=O)[O-])cc1[N+](=O)[O-]. The summed E-state index contributed by atoms with van der Waals surface area (Å²) in [5, 5.41) is 21.6.